The van der Waals surface area contributed by atoms with Crippen LogP contribution in [0.25, 0.3) is 6.08 Å². The number of likely N-dealkylation sites (tertiary alicyclic amines) is 1. The summed E-state index contributed by atoms with van der Waals surface area (Å²) >= 11 is 0. The Balaban J connectivity index is 0.00000294. The van der Waals surface area contributed by atoms with Crippen LogP contribution in [-0.2, 0) is 16.1 Å². The number of rotatable bonds is 8. The summed E-state index contributed by atoms with van der Waals surface area (Å²) in [5, 5.41) is 8.86. The number of carboxylic acid groups (broad SMARTS) is 1. The van der Waals surface area contributed by atoms with Crippen LogP contribution in [0.2, 0.25) is 0 Å². The van der Waals surface area contributed by atoms with Crippen molar-refractivity contribution in [1.29, 1.82) is 0 Å². The van der Waals surface area contributed by atoms with Gasteiger partial charge in [0, 0.05) is 43.0 Å². The number of aliphatic carboxylic acids is 1. The van der Waals surface area contributed by atoms with E-state index in [4.69, 9.17) is 9.84 Å². The molecular weight excluding hydrogens is 565 g/mol. The van der Waals surface area contributed by atoms with Gasteiger partial charge in [-0.05, 0) is 56.5 Å². The average Bonchev–Trinajstić information content (AvgIpc) is 3.35. The SMILES string of the molecule is CC(C)(C)OC(=O)N(c1ccc(/C=C/C(=O)O)cn1)[C@@H]1CCN(Cc2ccc(C(=O)c3ccccc3)cc2)C1.Cl.Cl. The highest BCUT2D eigenvalue weighted by atomic mass is 35.5. The van der Waals surface area contributed by atoms with Crippen molar-refractivity contribution in [2.45, 2.75) is 45.4 Å². The van der Waals surface area contributed by atoms with Gasteiger partial charge in [0.25, 0.3) is 0 Å². The van der Waals surface area contributed by atoms with Crippen molar-refractivity contribution >= 4 is 54.6 Å². The molecule has 8 nitrogen and oxygen atoms in total. The molecule has 0 aliphatic carbocycles. The zero-order chi connectivity index (χ0) is 28.0. The average molecular weight is 601 g/mol. The van der Waals surface area contributed by atoms with Gasteiger partial charge in [0.15, 0.2) is 5.78 Å². The van der Waals surface area contributed by atoms with E-state index in [-0.39, 0.29) is 36.6 Å². The summed E-state index contributed by atoms with van der Waals surface area (Å²) in [4.78, 5) is 45.1. The van der Waals surface area contributed by atoms with E-state index in [2.05, 4.69) is 9.88 Å². The first-order valence-corrected chi connectivity index (χ1v) is 12.9. The molecule has 3 aromatic rings. The Kier molecular flexibility index (Phi) is 12.1. The molecule has 1 amide bonds. The van der Waals surface area contributed by atoms with E-state index in [0.29, 0.717) is 35.6 Å². The fourth-order valence-electron chi connectivity index (χ4n) is 4.49. The van der Waals surface area contributed by atoms with E-state index < -0.39 is 17.7 Å². The van der Waals surface area contributed by atoms with E-state index in [0.717, 1.165) is 24.6 Å². The zero-order valence-corrected chi connectivity index (χ0v) is 24.9. The van der Waals surface area contributed by atoms with E-state index in [1.165, 1.54) is 12.3 Å². The number of benzene rings is 2. The first-order chi connectivity index (χ1) is 18.6. The summed E-state index contributed by atoms with van der Waals surface area (Å²) in [7, 11) is 0. The molecule has 1 aliphatic rings. The number of hydrogen-bond acceptors (Lipinski definition) is 6. The fraction of sp³-hybridized carbons (Fsp3) is 0.290. The highest BCUT2D eigenvalue weighted by Crippen LogP contribution is 2.26. The third-order valence-corrected chi connectivity index (χ3v) is 6.30. The van der Waals surface area contributed by atoms with Crippen LogP contribution in [0.15, 0.2) is 79.0 Å². The third kappa shape index (κ3) is 9.42. The molecule has 218 valence electrons. The molecule has 2 aromatic carbocycles. The van der Waals surface area contributed by atoms with Gasteiger partial charge in [-0.3, -0.25) is 14.6 Å². The first-order valence-electron chi connectivity index (χ1n) is 12.9. The van der Waals surface area contributed by atoms with Crippen LogP contribution in [0, 0.1) is 0 Å². The van der Waals surface area contributed by atoms with E-state index in [1.807, 2.05) is 75.4 Å². The highest BCUT2D eigenvalue weighted by Gasteiger charge is 2.35. The molecule has 4 rings (SSSR count). The molecule has 1 N–H and O–H groups in total. The van der Waals surface area contributed by atoms with Gasteiger partial charge in [0.2, 0.25) is 0 Å². The molecule has 1 fully saturated rings. The maximum atomic E-state index is 13.3. The topological polar surface area (TPSA) is 100 Å². The Hall–Kier alpha value is -3.72. The molecule has 0 spiro atoms. The number of aromatic nitrogens is 1. The molecule has 1 aliphatic heterocycles. The molecule has 0 radical (unpaired) electrons. The third-order valence-electron chi connectivity index (χ3n) is 6.30. The first kappa shape index (κ1) is 33.5. The molecule has 1 saturated heterocycles. The van der Waals surface area contributed by atoms with Crippen LogP contribution in [-0.4, -0.2) is 57.6 Å². The number of carboxylic acids is 1. The number of ether oxygens (including phenoxy) is 1. The van der Waals surface area contributed by atoms with Crippen LogP contribution >= 0.6 is 24.8 Å². The summed E-state index contributed by atoms with van der Waals surface area (Å²) in [5.74, 6) is -0.598. The maximum Gasteiger partial charge on any atom is 0.416 e. The van der Waals surface area contributed by atoms with Crippen LogP contribution in [0.1, 0.15) is 54.2 Å². The minimum atomic E-state index is -1.04. The lowest BCUT2D eigenvalue weighted by molar-refractivity contribution is -0.131. The lowest BCUT2D eigenvalue weighted by atomic mass is 10.0. The molecule has 0 unspecified atom stereocenters. The normalized spacial score (nSPS) is 15.0. The summed E-state index contributed by atoms with van der Waals surface area (Å²) in [5.41, 5.74) is 2.34. The molecule has 2 heterocycles. The largest absolute Gasteiger partial charge is 0.478 e. The number of pyridine rings is 1. The van der Waals surface area contributed by atoms with Gasteiger partial charge in [-0.15, -0.1) is 24.8 Å². The van der Waals surface area contributed by atoms with Crippen molar-refractivity contribution in [3.63, 3.8) is 0 Å². The Morgan fingerprint density at radius 2 is 1.66 bits per heavy atom. The maximum absolute atomic E-state index is 13.3. The predicted molar refractivity (Wildman–Crippen MR) is 164 cm³/mol. The number of carbonyl (C=O) groups excluding carboxylic acids is 2. The second-order valence-electron chi connectivity index (χ2n) is 10.5. The monoisotopic (exact) mass is 599 g/mol. The van der Waals surface area contributed by atoms with Gasteiger partial charge in [0.05, 0.1) is 6.04 Å². The summed E-state index contributed by atoms with van der Waals surface area (Å²) in [6, 6.07) is 20.2. The van der Waals surface area contributed by atoms with Crippen molar-refractivity contribution < 1.29 is 24.2 Å². The molecule has 1 atom stereocenters. The van der Waals surface area contributed by atoms with Gasteiger partial charge in [0.1, 0.15) is 11.4 Å². The van der Waals surface area contributed by atoms with E-state index in [1.54, 1.807) is 17.0 Å². The standard InChI is InChI=1S/C31H33N3O5.2ClH/c1-31(2,3)39-30(38)34(27-15-11-22(19-32-27)12-16-28(35)36)26-17-18-33(21-26)20-23-9-13-25(14-10-23)29(37)24-7-5-4-6-8-24;;/h4-16,19,26H,17-18,20-21H2,1-3H3,(H,35,36);2*1H/b16-12+;;/t26-;;/m1../s1. The second kappa shape index (κ2) is 14.8. The van der Waals surface area contributed by atoms with Crippen molar-refractivity contribution in [3.8, 4) is 0 Å². The number of amides is 1. The van der Waals surface area contributed by atoms with Gasteiger partial charge in [-0.2, -0.15) is 0 Å². The molecule has 10 heteroatoms. The number of anilines is 1. The molecular formula is C31H35Cl2N3O5. The zero-order valence-electron chi connectivity index (χ0n) is 23.2. The fourth-order valence-corrected chi connectivity index (χ4v) is 4.49. The quantitative estimate of drug-likeness (QED) is 0.240. The van der Waals surface area contributed by atoms with Gasteiger partial charge >= 0.3 is 12.1 Å². The number of hydrogen-bond donors (Lipinski definition) is 1. The van der Waals surface area contributed by atoms with Crippen molar-refractivity contribution in [2.24, 2.45) is 0 Å². The number of carbonyl (C=O) groups is 3. The minimum absolute atomic E-state index is 0. The Morgan fingerprint density at radius 3 is 2.24 bits per heavy atom. The van der Waals surface area contributed by atoms with Crippen LogP contribution in [0.5, 0.6) is 0 Å². The molecule has 0 saturated carbocycles. The van der Waals surface area contributed by atoms with Crippen molar-refractivity contribution in [1.82, 2.24) is 9.88 Å². The second-order valence-corrected chi connectivity index (χ2v) is 10.5. The molecule has 1 aromatic heterocycles. The van der Waals surface area contributed by atoms with Gasteiger partial charge in [-0.1, -0.05) is 54.6 Å². The highest BCUT2D eigenvalue weighted by molar-refractivity contribution is 6.08. The smallest absolute Gasteiger partial charge is 0.416 e. The summed E-state index contributed by atoms with van der Waals surface area (Å²) < 4.78 is 5.71. The van der Waals surface area contributed by atoms with Crippen molar-refractivity contribution in [2.75, 3.05) is 18.0 Å². The Bertz CT molecular complexity index is 1340. The van der Waals surface area contributed by atoms with Gasteiger partial charge < -0.3 is 9.84 Å². The lowest BCUT2D eigenvalue weighted by Crippen LogP contribution is -2.45. The summed E-state index contributed by atoms with van der Waals surface area (Å²) in [6.07, 6.45) is 4.30. The Labute approximate surface area is 252 Å². The van der Waals surface area contributed by atoms with Crippen LogP contribution < -0.4 is 4.90 Å². The number of ketones is 1. The minimum Gasteiger partial charge on any atom is -0.478 e. The number of nitrogens with zero attached hydrogens (tertiary/aromatic N) is 3. The Morgan fingerprint density at radius 1 is 1.00 bits per heavy atom. The molecule has 0 bridgehead atoms. The van der Waals surface area contributed by atoms with E-state index in [9.17, 15) is 14.4 Å². The lowest BCUT2D eigenvalue weighted by Gasteiger charge is -2.31. The number of halogens is 2. The van der Waals surface area contributed by atoms with Crippen LogP contribution in [0.3, 0.4) is 0 Å². The predicted octanol–water partition coefficient (Wildman–Crippen LogP) is 6.27. The van der Waals surface area contributed by atoms with E-state index >= 15 is 0 Å². The summed E-state index contributed by atoms with van der Waals surface area (Å²) in [6.45, 7) is 7.57. The van der Waals surface area contributed by atoms with Crippen LogP contribution in [0.4, 0.5) is 10.6 Å². The van der Waals surface area contributed by atoms with Crippen molar-refractivity contribution in [3.05, 3.63) is 101 Å². The molecule has 41 heavy (non-hydrogen) atoms. The van der Waals surface area contributed by atoms with Gasteiger partial charge in [-0.25, -0.2) is 14.6 Å².